The summed E-state index contributed by atoms with van der Waals surface area (Å²) < 4.78 is 133. The number of sulfone groups is 1. The molecule has 0 radical (unpaired) electrons. The Morgan fingerprint density at radius 3 is 2.21 bits per heavy atom. The quantitative estimate of drug-likeness (QED) is 0.352. The molecule has 2 saturated carbocycles. The van der Waals surface area contributed by atoms with E-state index in [-0.39, 0.29) is 28.8 Å². The number of carbonyl (C=O) groups is 2. The minimum Gasteiger partial charge on any atom is -0.341 e. The van der Waals surface area contributed by atoms with Gasteiger partial charge in [-0.05, 0) is 49.8 Å². The molecule has 3 fully saturated rings. The molecule has 1 N–H and O–H groups in total. The van der Waals surface area contributed by atoms with Crippen molar-refractivity contribution in [2.24, 2.45) is 5.41 Å². The molecule has 2 aromatic rings. The van der Waals surface area contributed by atoms with E-state index in [4.69, 9.17) is 5.26 Å². The number of benzene rings is 1. The Labute approximate surface area is 239 Å². The van der Waals surface area contributed by atoms with Crippen LogP contribution in [-0.4, -0.2) is 65.5 Å². The lowest BCUT2D eigenvalue weighted by Gasteiger charge is -2.25. The van der Waals surface area contributed by atoms with Crippen LogP contribution >= 0.6 is 0 Å². The molecular formula is C25H23F8N5O4S. The molecule has 0 bridgehead atoms. The SMILES string of the molecule is N#CC1(NC=O)CC1.O=C(N1CCC(S(=O)(=O)c2ccc(-c3cnn(C(F)F)c3)cc2C(F)(F)F)C1)C1(C(F)(F)F)CC1. The third-order valence-corrected chi connectivity index (χ3v) is 9.83. The van der Waals surface area contributed by atoms with E-state index in [0.717, 1.165) is 36.2 Å². The molecule has 3 aliphatic rings. The zero-order chi connectivity index (χ0) is 32.0. The maximum atomic E-state index is 13.8. The van der Waals surface area contributed by atoms with Gasteiger partial charge in [0.05, 0.1) is 28.0 Å². The largest absolute Gasteiger partial charge is 0.417 e. The predicted octanol–water partition coefficient (Wildman–Crippen LogP) is 4.47. The molecule has 18 heteroatoms. The standard InChI is InChI=1S/C20H17F8N3O3S.C5H6N2O/c21-17(22)31-9-12(8-29-31)11-1-2-15(14(7-11)19(23,24)25)35(33,34)13-3-6-30(10-13)16(32)18(4-5-18)20(26,27)28;6-3-5(1-2-5)7-4-8/h1-2,7-9,13,17H,3-6,10H2;4H,1-2H2,(H,7,8). The van der Waals surface area contributed by atoms with E-state index in [1.54, 1.807) is 0 Å². The molecule has 0 spiro atoms. The number of hydrogen-bond acceptors (Lipinski definition) is 6. The van der Waals surface area contributed by atoms with Crippen molar-refractivity contribution in [3.63, 3.8) is 0 Å². The number of nitrogens with one attached hydrogen (secondary N) is 1. The fraction of sp³-hybridized carbons (Fsp3) is 0.520. The number of hydrogen-bond donors (Lipinski definition) is 1. The Morgan fingerprint density at radius 1 is 1.12 bits per heavy atom. The summed E-state index contributed by atoms with van der Waals surface area (Å²) >= 11 is 0. The molecule has 234 valence electrons. The highest BCUT2D eigenvalue weighted by molar-refractivity contribution is 7.92. The molecule has 5 rings (SSSR count). The number of nitriles is 1. The maximum Gasteiger partial charge on any atom is 0.417 e. The summed E-state index contributed by atoms with van der Waals surface area (Å²) in [5, 5.41) is 12.6. The predicted molar refractivity (Wildman–Crippen MR) is 131 cm³/mol. The van der Waals surface area contributed by atoms with Gasteiger partial charge in [0, 0.05) is 24.8 Å². The van der Waals surface area contributed by atoms with E-state index in [1.165, 1.54) is 0 Å². The lowest BCUT2D eigenvalue weighted by Crippen LogP contribution is -2.43. The minimum absolute atomic E-state index is 0.112. The summed E-state index contributed by atoms with van der Waals surface area (Å²) in [7, 11) is -4.72. The Morgan fingerprint density at radius 2 is 1.77 bits per heavy atom. The van der Waals surface area contributed by atoms with Crippen molar-refractivity contribution >= 4 is 22.2 Å². The number of likely N-dealkylation sites (tertiary alicyclic amines) is 1. The topological polar surface area (TPSA) is 125 Å². The molecule has 9 nitrogen and oxygen atoms in total. The van der Waals surface area contributed by atoms with E-state index in [1.807, 2.05) is 6.07 Å². The molecule has 43 heavy (non-hydrogen) atoms. The Kier molecular flexibility index (Phi) is 8.28. The molecule has 1 unspecified atom stereocenters. The molecule has 2 aliphatic carbocycles. The molecule has 1 aromatic heterocycles. The van der Waals surface area contributed by atoms with Crippen LogP contribution < -0.4 is 5.32 Å². The van der Waals surface area contributed by atoms with Crippen molar-refractivity contribution in [2.45, 2.75) is 66.7 Å². The second-order valence-electron chi connectivity index (χ2n) is 10.4. The normalized spacial score (nSPS) is 20.6. The van der Waals surface area contributed by atoms with Crippen molar-refractivity contribution in [3.05, 3.63) is 36.2 Å². The maximum absolute atomic E-state index is 13.8. The third kappa shape index (κ3) is 6.31. The molecule has 2 amide bonds. The van der Waals surface area contributed by atoms with Crippen LogP contribution in [0.15, 0.2) is 35.5 Å². The van der Waals surface area contributed by atoms with Crippen LogP contribution in [0.3, 0.4) is 0 Å². The van der Waals surface area contributed by atoms with Crippen molar-refractivity contribution < 1.29 is 53.1 Å². The summed E-state index contributed by atoms with van der Waals surface area (Å²) in [5.74, 6) is -1.27. The van der Waals surface area contributed by atoms with Gasteiger partial charge in [0.15, 0.2) is 9.84 Å². The number of nitrogens with zero attached hydrogens (tertiary/aromatic N) is 4. The van der Waals surface area contributed by atoms with Crippen LogP contribution in [0.25, 0.3) is 11.1 Å². The van der Waals surface area contributed by atoms with Gasteiger partial charge in [0.25, 0.3) is 0 Å². The van der Waals surface area contributed by atoms with Crippen LogP contribution in [0.4, 0.5) is 35.1 Å². The zero-order valence-corrected chi connectivity index (χ0v) is 22.7. The van der Waals surface area contributed by atoms with E-state index >= 15 is 0 Å². The van der Waals surface area contributed by atoms with Gasteiger partial charge in [-0.1, -0.05) is 6.07 Å². The van der Waals surface area contributed by atoms with Gasteiger partial charge in [0.2, 0.25) is 12.3 Å². The van der Waals surface area contributed by atoms with Gasteiger partial charge in [-0.15, -0.1) is 0 Å². The summed E-state index contributed by atoms with van der Waals surface area (Å²) in [6.45, 7) is -4.04. The van der Waals surface area contributed by atoms with Gasteiger partial charge in [-0.25, -0.2) is 13.1 Å². The first-order chi connectivity index (χ1) is 19.9. The average molecular weight is 642 g/mol. The van der Waals surface area contributed by atoms with Crippen molar-refractivity contribution in [2.75, 3.05) is 13.1 Å². The highest BCUT2D eigenvalue weighted by Crippen LogP contribution is 2.59. The van der Waals surface area contributed by atoms with Crippen LogP contribution in [0.2, 0.25) is 0 Å². The summed E-state index contributed by atoms with van der Waals surface area (Å²) in [5.41, 5.74) is -4.92. The van der Waals surface area contributed by atoms with E-state index in [9.17, 15) is 53.1 Å². The smallest absolute Gasteiger partial charge is 0.341 e. The molecule has 1 atom stereocenters. The summed E-state index contributed by atoms with van der Waals surface area (Å²) in [6.07, 6.45) is -7.26. The van der Waals surface area contributed by atoms with E-state index in [2.05, 4.69) is 10.4 Å². The number of alkyl halides is 8. The lowest BCUT2D eigenvalue weighted by molar-refractivity contribution is -0.197. The lowest BCUT2D eigenvalue weighted by atomic mass is 10.1. The highest BCUT2D eigenvalue weighted by Gasteiger charge is 2.69. The average Bonchev–Trinajstić information content (AvgIpc) is 3.79. The first-order valence-corrected chi connectivity index (χ1v) is 14.2. The fourth-order valence-corrected chi connectivity index (χ4v) is 6.58. The van der Waals surface area contributed by atoms with Crippen LogP contribution in [-0.2, 0) is 25.6 Å². The van der Waals surface area contributed by atoms with Crippen LogP contribution in [0, 0.1) is 16.7 Å². The zero-order valence-electron chi connectivity index (χ0n) is 21.9. The molecular weight excluding hydrogens is 618 g/mol. The Hall–Kier alpha value is -3.75. The number of rotatable bonds is 7. The second kappa shape index (κ2) is 11.1. The van der Waals surface area contributed by atoms with E-state index < -0.39 is 80.7 Å². The molecule has 1 aliphatic heterocycles. The third-order valence-electron chi connectivity index (χ3n) is 7.60. The number of halogens is 8. The number of aromatic nitrogens is 2. The Bertz CT molecular complexity index is 1540. The van der Waals surface area contributed by atoms with Crippen molar-refractivity contribution in [3.8, 4) is 17.2 Å². The highest BCUT2D eigenvalue weighted by atomic mass is 32.2. The first-order valence-electron chi connectivity index (χ1n) is 12.7. The first kappa shape index (κ1) is 32.2. The summed E-state index contributed by atoms with van der Waals surface area (Å²) in [4.78, 5) is 21.8. The van der Waals surface area contributed by atoms with Crippen molar-refractivity contribution in [1.29, 1.82) is 5.26 Å². The Balaban J connectivity index is 0.000000458. The van der Waals surface area contributed by atoms with Crippen molar-refractivity contribution in [1.82, 2.24) is 20.0 Å². The van der Waals surface area contributed by atoms with Crippen LogP contribution in [0.5, 0.6) is 0 Å². The number of carbonyl (C=O) groups excluding carboxylic acids is 2. The minimum atomic E-state index is -5.15. The number of amides is 2. The summed E-state index contributed by atoms with van der Waals surface area (Å²) in [6, 6.07) is 4.17. The van der Waals surface area contributed by atoms with Gasteiger partial charge >= 0.3 is 18.9 Å². The van der Waals surface area contributed by atoms with E-state index in [0.29, 0.717) is 18.5 Å². The monoisotopic (exact) mass is 641 g/mol. The van der Waals surface area contributed by atoms with Crippen LogP contribution in [0.1, 0.15) is 44.2 Å². The van der Waals surface area contributed by atoms with Gasteiger partial charge in [-0.2, -0.15) is 45.5 Å². The van der Waals surface area contributed by atoms with Gasteiger partial charge in [-0.3, -0.25) is 9.59 Å². The fourth-order valence-electron chi connectivity index (χ4n) is 4.69. The molecule has 1 aromatic carbocycles. The second-order valence-corrected chi connectivity index (χ2v) is 12.6. The molecule has 2 heterocycles. The molecule has 1 saturated heterocycles. The van der Waals surface area contributed by atoms with Gasteiger partial charge < -0.3 is 10.2 Å². The van der Waals surface area contributed by atoms with Gasteiger partial charge in [0.1, 0.15) is 11.0 Å².